The Labute approximate surface area is 221 Å². The fraction of sp³-hybridized carbons (Fsp3) is 0.346. The second-order valence-corrected chi connectivity index (χ2v) is 12.7. The van der Waals surface area contributed by atoms with Crippen LogP contribution >= 0.6 is 46.9 Å². The quantitative estimate of drug-likeness (QED) is 0.301. The Kier molecular flexibility index (Phi) is 5.35. The minimum Gasteiger partial charge on any atom is -0.286 e. The summed E-state index contributed by atoms with van der Waals surface area (Å²) >= 11 is 15.1. The lowest BCUT2D eigenvalue weighted by Crippen LogP contribution is -2.34. The maximum Gasteiger partial charge on any atom is 0.308 e. The monoisotopic (exact) mass is 538 g/mol. The van der Waals surface area contributed by atoms with Crippen LogP contribution in [0.4, 0.5) is 0 Å². The molecule has 0 saturated heterocycles. The fourth-order valence-corrected chi connectivity index (χ4v) is 10.1. The van der Waals surface area contributed by atoms with Gasteiger partial charge in [-0.15, -0.1) is 11.8 Å². The number of nitrogens with one attached hydrogen (secondary N) is 1. The molecular weight excluding hydrogens is 516 g/mol. The number of hydrogen-bond acceptors (Lipinski definition) is 5. The number of hydrogen-bond donors (Lipinski definition) is 1. The molecule has 0 radical (unpaired) electrons. The lowest BCUT2D eigenvalue weighted by Gasteiger charge is -2.40. The smallest absolute Gasteiger partial charge is 0.286 e. The van der Waals surface area contributed by atoms with Crippen LogP contribution in [0.5, 0.6) is 0 Å². The average molecular weight is 539 g/mol. The van der Waals surface area contributed by atoms with Crippen LogP contribution in [0.3, 0.4) is 0 Å². The summed E-state index contributed by atoms with van der Waals surface area (Å²) in [6, 6.07) is 18.2. The van der Waals surface area contributed by atoms with Gasteiger partial charge in [0.05, 0.1) is 11.6 Å². The molecule has 5 nitrogen and oxygen atoms in total. The van der Waals surface area contributed by atoms with E-state index >= 15 is 0 Å². The van der Waals surface area contributed by atoms with Crippen molar-refractivity contribution in [3.8, 4) is 5.69 Å². The molecule has 1 aliphatic heterocycles. The molecule has 7 rings (SSSR count). The number of thioether (sulfide) groups is 1. The van der Waals surface area contributed by atoms with Crippen LogP contribution in [0.1, 0.15) is 41.4 Å². The highest BCUT2D eigenvalue weighted by Gasteiger charge is 2.55. The van der Waals surface area contributed by atoms with Crippen LogP contribution in [0, 0.1) is 22.5 Å². The zero-order valence-corrected chi connectivity index (χ0v) is 22.0. The molecule has 2 bridgehead atoms. The van der Waals surface area contributed by atoms with Crippen molar-refractivity contribution < 1.29 is 0 Å². The molecule has 9 heteroatoms. The zero-order valence-electron chi connectivity index (χ0n) is 18.8. The van der Waals surface area contributed by atoms with E-state index in [1.807, 2.05) is 63.4 Å². The molecule has 0 spiro atoms. The van der Waals surface area contributed by atoms with Crippen molar-refractivity contribution in [2.75, 3.05) is 0 Å². The van der Waals surface area contributed by atoms with E-state index < -0.39 is 0 Å². The largest absolute Gasteiger partial charge is 0.308 e. The first-order valence-electron chi connectivity index (χ1n) is 12.0. The zero-order chi connectivity index (χ0) is 23.7. The molecule has 2 aromatic heterocycles. The molecule has 2 fully saturated rings. The van der Waals surface area contributed by atoms with Crippen molar-refractivity contribution in [3.05, 3.63) is 90.3 Å². The average Bonchev–Trinajstić information content (AvgIpc) is 3.64. The Bertz CT molecular complexity index is 1520. The second-order valence-electron chi connectivity index (χ2n) is 9.76. The Morgan fingerprint density at radius 3 is 2.66 bits per heavy atom. The van der Waals surface area contributed by atoms with Gasteiger partial charge in [-0.05, 0) is 79.1 Å². The van der Waals surface area contributed by atoms with Crippen LogP contribution in [0.15, 0.2) is 64.4 Å². The third kappa shape index (κ3) is 3.52. The highest BCUT2D eigenvalue weighted by atomic mass is 35.5. The van der Waals surface area contributed by atoms with Crippen molar-refractivity contribution >= 4 is 46.9 Å². The van der Waals surface area contributed by atoms with Gasteiger partial charge in [-0.1, -0.05) is 53.3 Å². The Hall–Kier alpha value is -2.13. The number of aromatic nitrogens is 4. The van der Waals surface area contributed by atoms with E-state index in [0.29, 0.717) is 22.5 Å². The van der Waals surface area contributed by atoms with Crippen LogP contribution in [-0.4, -0.2) is 24.6 Å². The fourth-order valence-electron chi connectivity index (χ4n) is 6.55. The Morgan fingerprint density at radius 1 is 1.09 bits per heavy atom. The third-order valence-corrected chi connectivity index (χ3v) is 11.3. The number of fused-ring (bicyclic) bond motifs is 6. The highest BCUT2D eigenvalue weighted by Crippen LogP contribution is 2.64. The molecule has 3 aliphatic rings. The summed E-state index contributed by atoms with van der Waals surface area (Å²) in [7, 11) is 0. The van der Waals surface area contributed by atoms with E-state index in [2.05, 4.69) is 22.3 Å². The van der Waals surface area contributed by atoms with Crippen LogP contribution in [-0.2, 0) is 6.54 Å². The molecule has 1 N–H and O–H groups in total. The maximum atomic E-state index is 13.5. The summed E-state index contributed by atoms with van der Waals surface area (Å²) in [6.45, 7) is 0.387. The normalized spacial score (nSPS) is 26.6. The van der Waals surface area contributed by atoms with Gasteiger partial charge in [-0.2, -0.15) is 5.10 Å². The molecule has 5 atom stereocenters. The Balaban J connectivity index is 1.35. The van der Waals surface area contributed by atoms with E-state index in [1.54, 1.807) is 0 Å². The second kappa shape index (κ2) is 8.47. The maximum absolute atomic E-state index is 13.5. The van der Waals surface area contributed by atoms with E-state index in [1.165, 1.54) is 41.0 Å². The lowest BCUT2D eigenvalue weighted by molar-refractivity contribution is 0.306. The van der Waals surface area contributed by atoms with Gasteiger partial charge in [0.1, 0.15) is 0 Å². The molecule has 4 aromatic rings. The molecule has 35 heavy (non-hydrogen) atoms. The van der Waals surface area contributed by atoms with E-state index in [0.717, 1.165) is 33.4 Å². The summed E-state index contributed by atoms with van der Waals surface area (Å²) in [5, 5.41) is 9.86. The predicted octanol–water partition coefficient (Wildman–Crippen LogP) is 6.51. The van der Waals surface area contributed by atoms with Gasteiger partial charge in [0.15, 0.2) is 10.6 Å². The summed E-state index contributed by atoms with van der Waals surface area (Å²) in [5.41, 5.74) is 2.22. The SMILES string of the molecule is O=c1sc2c(n1Cc1n[nH]c(=S)n1-c1ccccc1)S[C@H]1[C@H]3CC[C@H](C3)[C@H]1[C@H]2c1ccc(Cl)cc1. The number of halogens is 1. The van der Waals surface area contributed by atoms with Crippen molar-refractivity contribution in [1.29, 1.82) is 0 Å². The summed E-state index contributed by atoms with van der Waals surface area (Å²) in [6.07, 6.45) is 3.94. The van der Waals surface area contributed by atoms with Gasteiger partial charge >= 0.3 is 4.87 Å². The first-order valence-corrected chi connectivity index (χ1v) is 14.4. The van der Waals surface area contributed by atoms with Gasteiger partial charge in [0.25, 0.3) is 0 Å². The van der Waals surface area contributed by atoms with Gasteiger partial charge in [-0.3, -0.25) is 19.0 Å². The molecule has 2 aliphatic carbocycles. The van der Waals surface area contributed by atoms with Crippen LogP contribution < -0.4 is 4.87 Å². The molecule has 0 amide bonds. The highest BCUT2D eigenvalue weighted by molar-refractivity contribution is 8.00. The predicted molar refractivity (Wildman–Crippen MR) is 144 cm³/mol. The minimum atomic E-state index is 0.0716. The topological polar surface area (TPSA) is 55.6 Å². The summed E-state index contributed by atoms with van der Waals surface area (Å²) < 4.78 is 4.39. The van der Waals surface area contributed by atoms with Gasteiger partial charge in [-0.25, -0.2) is 0 Å². The van der Waals surface area contributed by atoms with E-state index in [-0.39, 0.29) is 10.8 Å². The van der Waals surface area contributed by atoms with E-state index in [9.17, 15) is 4.79 Å². The van der Waals surface area contributed by atoms with Crippen molar-refractivity contribution in [1.82, 2.24) is 19.3 Å². The van der Waals surface area contributed by atoms with Gasteiger partial charge < -0.3 is 0 Å². The molecule has 2 aromatic carbocycles. The molecular formula is C26H23ClN4OS3. The first-order chi connectivity index (χ1) is 17.1. The number of rotatable bonds is 4. The summed E-state index contributed by atoms with van der Waals surface area (Å²) in [4.78, 5) is 14.7. The number of aromatic amines is 1. The molecule has 178 valence electrons. The number of para-hydroxylation sites is 1. The van der Waals surface area contributed by atoms with Crippen molar-refractivity contribution in [2.24, 2.45) is 17.8 Å². The first kappa shape index (κ1) is 22.1. The number of H-pyrrole nitrogens is 1. The number of nitrogens with zero attached hydrogens (tertiary/aromatic N) is 3. The van der Waals surface area contributed by atoms with Crippen molar-refractivity contribution in [2.45, 2.75) is 42.0 Å². The third-order valence-electron chi connectivity index (χ3n) is 7.98. The molecule has 2 saturated carbocycles. The molecule has 0 unspecified atom stereocenters. The summed E-state index contributed by atoms with van der Waals surface area (Å²) in [5.74, 6) is 3.05. The number of benzene rings is 2. The van der Waals surface area contributed by atoms with Crippen LogP contribution in [0.2, 0.25) is 5.02 Å². The minimum absolute atomic E-state index is 0.0716. The lowest BCUT2D eigenvalue weighted by atomic mass is 9.75. The standard InChI is InChI=1S/C26H23ClN4OS3/c27-17-10-8-14(9-11-17)20-21-15-6-7-16(12-15)22(21)34-24-23(20)35-26(32)30(24)13-19-28-29-25(33)31(19)18-4-2-1-3-5-18/h1-5,8-11,15-16,20-22H,6-7,12-13H2,(H,29,33)/t15-,16+,20-,21+,22+/m1/s1. The van der Waals surface area contributed by atoms with Gasteiger partial charge in [0.2, 0.25) is 0 Å². The van der Waals surface area contributed by atoms with Crippen LogP contribution in [0.25, 0.3) is 5.69 Å². The van der Waals surface area contributed by atoms with Crippen molar-refractivity contribution in [3.63, 3.8) is 0 Å². The number of thiazole rings is 1. The van der Waals surface area contributed by atoms with Gasteiger partial charge in [0, 0.05) is 26.8 Å². The Morgan fingerprint density at radius 2 is 1.86 bits per heavy atom. The molecule has 3 heterocycles. The van der Waals surface area contributed by atoms with E-state index in [4.69, 9.17) is 23.8 Å².